The van der Waals surface area contributed by atoms with E-state index in [4.69, 9.17) is 0 Å². The van der Waals surface area contributed by atoms with Crippen molar-refractivity contribution in [3.8, 4) is 0 Å². The van der Waals surface area contributed by atoms with E-state index in [0.29, 0.717) is 12.5 Å². The third kappa shape index (κ3) is 4.50. The van der Waals surface area contributed by atoms with Crippen LogP contribution in [0.1, 0.15) is 28.8 Å². The summed E-state index contributed by atoms with van der Waals surface area (Å²) in [6.07, 6.45) is -0.581. The molecule has 8 heteroatoms. The number of nitrogens with zero attached hydrogens (tertiary/aromatic N) is 2. The number of piperidine rings is 1. The molecule has 1 aliphatic rings. The van der Waals surface area contributed by atoms with Crippen LogP contribution in [0.5, 0.6) is 0 Å². The molecule has 1 aromatic carbocycles. The van der Waals surface area contributed by atoms with E-state index in [1.165, 1.54) is 12.1 Å². The minimum atomic E-state index is -4.39. The van der Waals surface area contributed by atoms with Crippen LogP contribution in [0.15, 0.2) is 35.8 Å². The van der Waals surface area contributed by atoms with Crippen LogP contribution in [0, 0.1) is 5.92 Å². The molecule has 0 bridgehead atoms. The number of nitrogens with one attached hydrogen (secondary N) is 1. The Hall–Kier alpha value is -2.09. The molecule has 4 nitrogen and oxygen atoms in total. The van der Waals surface area contributed by atoms with Gasteiger partial charge in [-0.05, 0) is 43.0 Å². The maximum Gasteiger partial charge on any atom is 0.416 e. The van der Waals surface area contributed by atoms with Crippen LogP contribution in [0.2, 0.25) is 0 Å². The van der Waals surface area contributed by atoms with Crippen LogP contribution >= 0.6 is 11.3 Å². The molecular formula is C17H18F3N3OS. The van der Waals surface area contributed by atoms with Crippen LogP contribution in [0.25, 0.3) is 0 Å². The van der Waals surface area contributed by atoms with Crippen molar-refractivity contribution in [2.24, 2.45) is 5.92 Å². The van der Waals surface area contributed by atoms with Gasteiger partial charge in [-0.2, -0.15) is 13.2 Å². The van der Waals surface area contributed by atoms with Crippen molar-refractivity contribution in [3.63, 3.8) is 0 Å². The van der Waals surface area contributed by atoms with Gasteiger partial charge in [0.1, 0.15) is 0 Å². The van der Waals surface area contributed by atoms with Gasteiger partial charge < -0.3 is 10.2 Å². The second-order valence-electron chi connectivity index (χ2n) is 6.05. The summed E-state index contributed by atoms with van der Waals surface area (Å²) in [7, 11) is 0. The molecule has 2 heterocycles. The smallest absolute Gasteiger partial charge is 0.352 e. The molecule has 1 atom stereocenters. The highest BCUT2D eigenvalue weighted by molar-refractivity contribution is 7.13. The Bertz CT molecular complexity index is 701. The van der Waals surface area contributed by atoms with E-state index in [-0.39, 0.29) is 11.5 Å². The molecule has 1 N–H and O–H groups in total. The Kier molecular flexibility index (Phi) is 5.27. The molecule has 0 radical (unpaired) electrons. The molecular weight excluding hydrogens is 351 g/mol. The van der Waals surface area contributed by atoms with E-state index in [2.05, 4.69) is 15.2 Å². The van der Waals surface area contributed by atoms with Gasteiger partial charge in [0.05, 0.1) is 5.56 Å². The first-order valence-corrected chi connectivity index (χ1v) is 8.91. The van der Waals surface area contributed by atoms with Crippen molar-refractivity contribution >= 4 is 22.4 Å². The van der Waals surface area contributed by atoms with Gasteiger partial charge in [0.2, 0.25) is 0 Å². The number of hydrogen-bond acceptors (Lipinski definition) is 4. The third-order valence-corrected chi connectivity index (χ3v) is 5.07. The molecule has 1 amide bonds. The van der Waals surface area contributed by atoms with Crippen molar-refractivity contribution in [2.45, 2.75) is 19.0 Å². The number of halogens is 3. The minimum Gasteiger partial charge on any atom is -0.352 e. The molecule has 1 saturated heterocycles. The zero-order chi connectivity index (χ0) is 17.9. The average molecular weight is 369 g/mol. The number of alkyl halides is 3. The molecule has 3 rings (SSSR count). The summed E-state index contributed by atoms with van der Waals surface area (Å²) in [4.78, 5) is 18.7. The Labute approximate surface area is 147 Å². The van der Waals surface area contributed by atoms with Gasteiger partial charge in [0.25, 0.3) is 5.91 Å². The SMILES string of the molecule is O=C(NCC1CCCN(c2nccs2)C1)c1ccc(C(F)(F)F)cc1. The first kappa shape index (κ1) is 17.7. The zero-order valence-corrected chi connectivity index (χ0v) is 14.2. The highest BCUT2D eigenvalue weighted by Gasteiger charge is 2.30. The lowest BCUT2D eigenvalue weighted by molar-refractivity contribution is -0.137. The maximum absolute atomic E-state index is 12.6. The quantitative estimate of drug-likeness (QED) is 0.891. The lowest BCUT2D eigenvalue weighted by Crippen LogP contribution is -2.41. The standard InChI is InChI=1S/C17H18F3N3OS/c18-17(19,20)14-5-3-13(4-6-14)15(24)22-10-12-2-1-8-23(11-12)16-21-7-9-25-16/h3-7,9,12H,1-2,8,10-11H2,(H,22,24). The fourth-order valence-electron chi connectivity index (χ4n) is 2.93. The van der Waals surface area contributed by atoms with Gasteiger partial charge >= 0.3 is 6.18 Å². The Balaban J connectivity index is 1.53. The predicted octanol–water partition coefficient (Wildman–Crippen LogP) is 3.81. The van der Waals surface area contributed by atoms with Crippen molar-refractivity contribution < 1.29 is 18.0 Å². The summed E-state index contributed by atoms with van der Waals surface area (Å²) < 4.78 is 37.7. The van der Waals surface area contributed by atoms with Crippen LogP contribution in [0.4, 0.5) is 18.3 Å². The van der Waals surface area contributed by atoms with E-state index in [1.807, 2.05) is 5.38 Å². The predicted molar refractivity (Wildman–Crippen MR) is 90.8 cm³/mol. The lowest BCUT2D eigenvalue weighted by atomic mass is 9.98. The minimum absolute atomic E-state index is 0.237. The van der Waals surface area contributed by atoms with E-state index in [1.54, 1.807) is 17.5 Å². The van der Waals surface area contributed by atoms with Gasteiger partial charge in [-0.1, -0.05) is 0 Å². The number of aromatic nitrogens is 1. The second-order valence-corrected chi connectivity index (χ2v) is 6.93. The van der Waals surface area contributed by atoms with Crippen LogP contribution < -0.4 is 10.2 Å². The molecule has 2 aromatic rings. The van der Waals surface area contributed by atoms with E-state index in [9.17, 15) is 18.0 Å². The highest BCUT2D eigenvalue weighted by atomic mass is 32.1. The lowest BCUT2D eigenvalue weighted by Gasteiger charge is -2.32. The monoisotopic (exact) mass is 369 g/mol. The molecule has 0 spiro atoms. The molecule has 0 aliphatic carbocycles. The van der Waals surface area contributed by atoms with Gasteiger partial charge in [-0.3, -0.25) is 4.79 Å². The van der Waals surface area contributed by atoms with Crippen molar-refractivity contribution in [2.75, 3.05) is 24.5 Å². The van der Waals surface area contributed by atoms with Gasteiger partial charge in [-0.25, -0.2) is 4.98 Å². The highest BCUT2D eigenvalue weighted by Crippen LogP contribution is 2.29. The second kappa shape index (κ2) is 7.43. The zero-order valence-electron chi connectivity index (χ0n) is 13.4. The van der Waals surface area contributed by atoms with Gasteiger partial charge in [0, 0.05) is 36.8 Å². The van der Waals surface area contributed by atoms with Crippen LogP contribution in [-0.2, 0) is 6.18 Å². The third-order valence-electron chi connectivity index (χ3n) is 4.23. The van der Waals surface area contributed by atoms with E-state index >= 15 is 0 Å². The Morgan fingerprint density at radius 2 is 2.08 bits per heavy atom. The number of carbonyl (C=O) groups excluding carboxylic acids is 1. The number of thiazole rings is 1. The molecule has 1 fully saturated rings. The Morgan fingerprint density at radius 1 is 1.32 bits per heavy atom. The number of hydrogen-bond donors (Lipinski definition) is 1. The van der Waals surface area contributed by atoms with E-state index < -0.39 is 11.7 Å². The van der Waals surface area contributed by atoms with Crippen molar-refractivity contribution in [1.29, 1.82) is 0 Å². The fourth-order valence-corrected chi connectivity index (χ4v) is 3.61. The number of carbonyl (C=O) groups is 1. The molecule has 0 saturated carbocycles. The summed E-state index contributed by atoms with van der Waals surface area (Å²) in [6.45, 7) is 2.28. The molecule has 25 heavy (non-hydrogen) atoms. The first-order valence-electron chi connectivity index (χ1n) is 8.03. The number of rotatable bonds is 4. The summed E-state index contributed by atoms with van der Waals surface area (Å²) in [5.74, 6) is -0.0452. The van der Waals surface area contributed by atoms with Crippen LogP contribution in [0.3, 0.4) is 0 Å². The maximum atomic E-state index is 12.6. The number of benzene rings is 1. The van der Waals surface area contributed by atoms with Gasteiger partial charge in [-0.15, -0.1) is 11.3 Å². The summed E-state index contributed by atoms with van der Waals surface area (Å²) in [5.41, 5.74) is -0.518. The summed E-state index contributed by atoms with van der Waals surface area (Å²) in [5, 5.41) is 5.75. The number of amides is 1. The molecule has 1 aromatic heterocycles. The summed E-state index contributed by atoms with van der Waals surface area (Å²) >= 11 is 1.59. The van der Waals surface area contributed by atoms with Crippen molar-refractivity contribution in [3.05, 3.63) is 47.0 Å². The normalized spacial score (nSPS) is 18.2. The van der Waals surface area contributed by atoms with Gasteiger partial charge in [0.15, 0.2) is 5.13 Å². The fraction of sp³-hybridized carbons (Fsp3) is 0.412. The number of anilines is 1. The topological polar surface area (TPSA) is 45.2 Å². The van der Waals surface area contributed by atoms with Crippen LogP contribution in [-0.4, -0.2) is 30.5 Å². The largest absolute Gasteiger partial charge is 0.416 e. The first-order chi connectivity index (χ1) is 11.9. The van der Waals surface area contributed by atoms with E-state index in [0.717, 1.165) is 43.2 Å². The average Bonchev–Trinajstić information content (AvgIpc) is 3.14. The Morgan fingerprint density at radius 3 is 2.72 bits per heavy atom. The molecule has 1 unspecified atom stereocenters. The molecule has 1 aliphatic heterocycles. The summed E-state index contributed by atoms with van der Waals surface area (Å²) in [6, 6.07) is 4.28. The molecule has 134 valence electrons. The van der Waals surface area contributed by atoms with Crippen molar-refractivity contribution in [1.82, 2.24) is 10.3 Å².